The maximum Gasteiger partial charge on any atom is 0.178 e. The lowest BCUT2D eigenvalue weighted by Gasteiger charge is -2.13. The zero-order valence-electron chi connectivity index (χ0n) is 11.6. The summed E-state index contributed by atoms with van der Waals surface area (Å²) in [7, 11) is 0. The fourth-order valence-corrected chi connectivity index (χ4v) is 2.08. The van der Waals surface area contributed by atoms with Gasteiger partial charge in [0.2, 0.25) is 0 Å². The van der Waals surface area contributed by atoms with Crippen LogP contribution in [0.5, 0.6) is 0 Å². The van der Waals surface area contributed by atoms with E-state index >= 15 is 0 Å². The standard InChI is InChI=1S/C14H15N5O/c1-14(2,3)10-6-11-16-17-13-9(19(11)18-10)5-4-8(7-20)12(13)15/h4-7H,15H2,1-3H3. The van der Waals surface area contributed by atoms with Crippen LogP contribution in [-0.2, 0) is 5.41 Å². The molecule has 0 unspecified atom stereocenters. The summed E-state index contributed by atoms with van der Waals surface area (Å²) in [4.78, 5) is 10.9. The number of anilines is 1. The second kappa shape index (κ2) is 4.00. The molecule has 0 aliphatic heterocycles. The highest BCUT2D eigenvalue weighted by atomic mass is 16.1. The van der Waals surface area contributed by atoms with E-state index in [9.17, 15) is 4.79 Å². The maximum atomic E-state index is 10.9. The largest absolute Gasteiger partial charge is 0.396 e. The monoisotopic (exact) mass is 269 g/mol. The van der Waals surface area contributed by atoms with E-state index in [2.05, 4.69) is 36.1 Å². The van der Waals surface area contributed by atoms with Crippen molar-refractivity contribution in [3.8, 4) is 0 Å². The van der Waals surface area contributed by atoms with Crippen molar-refractivity contribution in [2.45, 2.75) is 26.2 Å². The van der Waals surface area contributed by atoms with Gasteiger partial charge in [-0.1, -0.05) is 20.8 Å². The molecular formula is C14H15N5O. The zero-order valence-corrected chi connectivity index (χ0v) is 11.6. The SMILES string of the molecule is CC(C)(C)c1cc2nnc3c(N)c(C=O)ccc3n2n1. The predicted molar refractivity (Wildman–Crippen MR) is 76.8 cm³/mol. The molecule has 0 aliphatic rings. The van der Waals surface area contributed by atoms with Crippen molar-refractivity contribution >= 4 is 28.7 Å². The molecule has 0 atom stereocenters. The van der Waals surface area contributed by atoms with Crippen LogP contribution in [0.4, 0.5) is 5.69 Å². The van der Waals surface area contributed by atoms with E-state index in [-0.39, 0.29) is 5.41 Å². The zero-order chi connectivity index (χ0) is 14.5. The lowest BCUT2D eigenvalue weighted by Crippen LogP contribution is -2.12. The molecule has 0 spiro atoms. The van der Waals surface area contributed by atoms with Crippen LogP contribution in [0.25, 0.3) is 16.7 Å². The van der Waals surface area contributed by atoms with E-state index in [0.29, 0.717) is 28.7 Å². The fraction of sp³-hybridized carbons (Fsp3) is 0.286. The number of carbonyl (C=O) groups is 1. The van der Waals surface area contributed by atoms with Crippen LogP contribution in [-0.4, -0.2) is 26.1 Å². The minimum atomic E-state index is -0.0751. The lowest BCUT2D eigenvalue weighted by molar-refractivity contribution is 0.112. The van der Waals surface area contributed by atoms with Crippen LogP contribution >= 0.6 is 0 Å². The number of fused-ring (bicyclic) bond motifs is 3. The normalized spacial score (nSPS) is 12.2. The van der Waals surface area contributed by atoms with Gasteiger partial charge in [0.25, 0.3) is 0 Å². The second-order valence-electron chi connectivity index (χ2n) is 5.80. The number of aldehydes is 1. The molecule has 0 saturated carbocycles. The van der Waals surface area contributed by atoms with E-state index in [1.807, 2.05) is 6.07 Å². The molecule has 102 valence electrons. The van der Waals surface area contributed by atoms with Crippen molar-refractivity contribution in [3.63, 3.8) is 0 Å². The summed E-state index contributed by atoms with van der Waals surface area (Å²) in [5.74, 6) is 0. The number of nitrogens with two attached hydrogens (primary N) is 1. The molecule has 1 aromatic carbocycles. The molecule has 6 nitrogen and oxygen atoms in total. The Hall–Kier alpha value is -2.50. The number of hydrogen-bond donors (Lipinski definition) is 1. The van der Waals surface area contributed by atoms with Crippen molar-refractivity contribution in [1.29, 1.82) is 0 Å². The summed E-state index contributed by atoms with van der Waals surface area (Å²) in [6.45, 7) is 6.26. The number of hydrogen-bond acceptors (Lipinski definition) is 5. The molecule has 3 aromatic rings. The Morgan fingerprint density at radius 1 is 1.25 bits per heavy atom. The highest BCUT2D eigenvalue weighted by Gasteiger charge is 2.19. The molecular weight excluding hydrogens is 254 g/mol. The second-order valence-corrected chi connectivity index (χ2v) is 5.80. The maximum absolute atomic E-state index is 10.9. The highest BCUT2D eigenvalue weighted by molar-refractivity contribution is 5.97. The van der Waals surface area contributed by atoms with E-state index < -0.39 is 0 Å². The number of nitrogens with zero attached hydrogens (tertiary/aromatic N) is 4. The van der Waals surface area contributed by atoms with Crippen molar-refractivity contribution in [1.82, 2.24) is 19.8 Å². The third-order valence-electron chi connectivity index (χ3n) is 3.30. The quantitative estimate of drug-likeness (QED) is 0.539. The fourth-order valence-electron chi connectivity index (χ4n) is 2.08. The molecule has 20 heavy (non-hydrogen) atoms. The highest BCUT2D eigenvalue weighted by Crippen LogP contribution is 2.25. The Morgan fingerprint density at radius 3 is 2.65 bits per heavy atom. The van der Waals surface area contributed by atoms with Crippen LogP contribution in [0.15, 0.2) is 18.2 Å². The topological polar surface area (TPSA) is 86.2 Å². The number of aromatic nitrogens is 4. The molecule has 2 heterocycles. The number of rotatable bonds is 1. The van der Waals surface area contributed by atoms with Gasteiger partial charge in [0.15, 0.2) is 11.9 Å². The smallest absolute Gasteiger partial charge is 0.178 e. The first-order chi connectivity index (χ1) is 9.41. The Morgan fingerprint density at radius 2 is 2.00 bits per heavy atom. The molecule has 2 aromatic heterocycles. The van der Waals surface area contributed by atoms with E-state index in [4.69, 9.17) is 5.73 Å². The summed E-state index contributed by atoms with van der Waals surface area (Å²) in [5.41, 5.74) is 9.44. The summed E-state index contributed by atoms with van der Waals surface area (Å²) < 4.78 is 1.72. The van der Waals surface area contributed by atoms with Crippen molar-refractivity contribution in [3.05, 3.63) is 29.5 Å². The third kappa shape index (κ3) is 1.72. The van der Waals surface area contributed by atoms with Gasteiger partial charge in [-0.25, -0.2) is 4.52 Å². The van der Waals surface area contributed by atoms with Gasteiger partial charge in [-0.15, -0.1) is 10.2 Å². The molecule has 0 fully saturated rings. The van der Waals surface area contributed by atoms with Crippen LogP contribution in [0.3, 0.4) is 0 Å². The predicted octanol–water partition coefficient (Wildman–Crippen LogP) is 1.97. The van der Waals surface area contributed by atoms with Crippen molar-refractivity contribution in [2.75, 3.05) is 5.73 Å². The van der Waals surface area contributed by atoms with Gasteiger partial charge in [-0.2, -0.15) is 5.10 Å². The van der Waals surface area contributed by atoms with Gasteiger partial charge in [0.05, 0.1) is 16.9 Å². The molecule has 0 aliphatic carbocycles. The van der Waals surface area contributed by atoms with Gasteiger partial charge in [0.1, 0.15) is 5.52 Å². The van der Waals surface area contributed by atoms with Crippen LogP contribution in [0.1, 0.15) is 36.8 Å². The summed E-state index contributed by atoms with van der Waals surface area (Å²) in [5, 5.41) is 12.8. The van der Waals surface area contributed by atoms with Crippen molar-refractivity contribution < 1.29 is 4.79 Å². The molecule has 0 saturated heterocycles. The van der Waals surface area contributed by atoms with E-state index in [1.165, 1.54) is 0 Å². The first-order valence-corrected chi connectivity index (χ1v) is 6.32. The minimum absolute atomic E-state index is 0.0751. The summed E-state index contributed by atoms with van der Waals surface area (Å²) >= 11 is 0. The Labute approximate surface area is 115 Å². The molecule has 2 N–H and O–H groups in total. The van der Waals surface area contributed by atoms with Gasteiger partial charge >= 0.3 is 0 Å². The molecule has 0 bridgehead atoms. The average molecular weight is 269 g/mol. The van der Waals surface area contributed by atoms with E-state index in [1.54, 1.807) is 16.6 Å². The summed E-state index contributed by atoms with van der Waals surface area (Å²) in [6, 6.07) is 5.37. The first kappa shape index (κ1) is 12.5. The van der Waals surface area contributed by atoms with Crippen LogP contribution in [0.2, 0.25) is 0 Å². The van der Waals surface area contributed by atoms with Gasteiger partial charge in [0, 0.05) is 17.0 Å². The molecule has 6 heteroatoms. The van der Waals surface area contributed by atoms with Crippen LogP contribution in [0, 0.1) is 0 Å². The van der Waals surface area contributed by atoms with Gasteiger partial charge in [-0.05, 0) is 12.1 Å². The number of nitrogen functional groups attached to an aromatic ring is 1. The Kier molecular flexibility index (Phi) is 2.50. The van der Waals surface area contributed by atoms with Crippen LogP contribution < -0.4 is 5.73 Å². The van der Waals surface area contributed by atoms with Crippen molar-refractivity contribution in [2.24, 2.45) is 0 Å². The summed E-state index contributed by atoms with van der Waals surface area (Å²) in [6.07, 6.45) is 0.713. The Balaban J connectivity index is 2.39. The van der Waals surface area contributed by atoms with E-state index in [0.717, 1.165) is 11.2 Å². The molecule has 0 amide bonds. The molecule has 0 radical (unpaired) electrons. The lowest BCUT2D eigenvalue weighted by atomic mass is 9.93. The number of carbonyl (C=O) groups excluding carboxylic acids is 1. The first-order valence-electron chi connectivity index (χ1n) is 6.32. The minimum Gasteiger partial charge on any atom is -0.396 e. The average Bonchev–Trinajstić information content (AvgIpc) is 2.83. The van der Waals surface area contributed by atoms with Gasteiger partial charge < -0.3 is 5.73 Å². The van der Waals surface area contributed by atoms with Gasteiger partial charge in [-0.3, -0.25) is 4.79 Å². The molecule has 3 rings (SSSR count). The third-order valence-corrected chi connectivity index (χ3v) is 3.30. The Bertz CT molecular complexity index is 829. The number of benzene rings is 1.